The van der Waals surface area contributed by atoms with Crippen molar-refractivity contribution in [2.75, 3.05) is 17.7 Å². The van der Waals surface area contributed by atoms with Crippen LogP contribution in [0.4, 0.5) is 5.13 Å². The average molecular weight is 589 g/mol. The molecule has 2 heterocycles. The van der Waals surface area contributed by atoms with Gasteiger partial charge in [0, 0.05) is 35.9 Å². The summed E-state index contributed by atoms with van der Waals surface area (Å²) >= 11 is 3.10. The van der Waals surface area contributed by atoms with Crippen LogP contribution >= 0.6 is 23.1 Å². The molecule has 10 heteroatoms. The van der Waals surface area contributed by atoms with E-state index in [1.165, 1.54) is 27.8 Å². The number of thiazole rings is 1. The zero-order valence-corrected chi connectivity index (χ0v) is 24.5. The Morgan fingerprint density at radius 3 is 2.35 bits per heavy atom. The third-order valence-electron chi connectivity index (χ3n) is 6.42. The summed E-state index contributed by atoms with van der Waals surface area (Å²) in [5.74, 6) is -0.270. The second-order valence-corrected chi connectivity index (χ2v) is 12.9. The molecule has 7 nitrogen and oxygen atoms in total. The van der Waals surface area contributed by atoms with Gasteiger partial charge >= 0.3 is 0 Å². The maximum absolute atomic E-state index is 13.8. The van der Waals surface area contributed by atoms with Gasteiger partial charge in [-0.2, -0.15) is 4.31 Å². The first kappa shape index (κ1) is 28.0. The molecule has 0 spiro atoms. The fourth-order valence-corrected chi connectivity index (χ4v) is 7.22. The van der Waals surface area contributed by atoms with Crippen molar-refractivity contribution in [3.05, 3.63) is 114 Å². The summed E-state index contributed by atoms with van der Waals surface area (Å²) in [7, 11) is -3.75. The average Bonchev–Trinajstić information content (AvgIpc) is 3.42. The summed E-state index contributed by atoms with van der Waals surface area (Å²) in [6.45, 7) is 2.69. The van der Waals surface area contributed by atoms with Gasteiger partial charge in [-0.3, -0.25) is 14.7 Å². The van der Waals surface area contributed by atoms with E-state index in [9.17, 15) is 13.2 Å². The minimum Gasteiger partial charge on any atom is -0.279 e. The normalized spacial score (nSPS) is 11.7. The smallest absolute Gasteiger partial charge is 0.260 e. The molecular weight excluding hydrogens is 561 g/mol. The van der Waals surface area contributed by atoms with E-state index in [0.29, 0.717) is 17.2 Å². The molecule has 1 amide bonds. The van der Waals surface area contributed by atoms with Crippen molar-refractivity contribution in [3.8, 4) is 0 Å². The van der Waals surface area contributed by atoms with Crippen LogP contribution in [-0.2, 0) is 23.1 Å². The van der Waals surface area contributed by atoms with Crippen LogP contribution in [0.5, 0.6) is 0 Å². The van der Waals surface area contributed by atoms with Gasteiger partial charge in [0.15, 0.2) is 5.13 Å². The summed E-state index contributed by atoms with van der Waals surface area (Å²) in [5, 5.41) is 0.568. The zero-order valence-electron chi connectivity index (χ0n) is 22.1. The molecule has 0 unspecified atom stereocenters. The predicted octanol–water partition coefficient (Wildman–Crippen LogP) is 6.47. The molecule has 0 bridgehead atoms. The molecule has 0 saturated heterocycles. The van der Waals surface area contributed by atoms with Gasteiger partial charge < -0.3 is 0 Å². The van der Waals surface area contributed by atoms with Crippen molar-refractivity contribution in [2.24, 2.45) is 0 Å². The Balaban J connectivity index is 1.44. The van der Waals surface area contributed by atoms with E-state index in [1.807, 2.05) is 67.8 Å². The molecule has 5 aromatic rings. The second-order valence-electron chi connectivity index (χ2n) is 9.02. The summed E-state index contributed by atoms with van der Waals surface area (Å²) in [6, 6.07) is 25.4. The number of nitrogens with zero attached hydrogens (tertiary/aromatic N) is 4. The third-order valence-corrected chi connectivity index (χ3v) is 10.1. The van der Waals surface area contributed by atoms with E-state index >= 15 is 0 Å². The van der Waals surface area contributed by atoms with Gasteiger partial charge in [0.25, 0.3) is 5.91 Å². The van der Waals surface area contributed by atoms with E-state index in [2.05, 4.69) is 11.1 Å². The first-order chi connectivity index (χ1) is 19.4. The molecule has 0 fully saturated rings. The Hall–Kier alpha value is -3.57. The quantitative estimate of drug-likeness (QED) is 0.174. The summed E-state index contributed by atoms with van der Waals surface area (Å²) in [4.78, 5) is 25.7. The highest BCUT2D eigenvalue weighted by Crippen LogP contribution is 2.33. The Bertz CT molecular complexity index is 1710. The van der Waals surface area contributed by atoms with Gasteiger partial charge in [-0.15, -0.1) is 11.8 Å². The number of benzene rings is 3. The Kier molecular flexibility index (Phi) is 8.60. The van der Waals surface area contributed by atoms with E-state index in [1.54, 1.807) is 41.2 Å². The van der Waals surface area contributed by atoms with E-state index in [4.69, 9.17) is 4.98 Å². The largest absolute Gasteiger partial charge is 0.279 e. The van der Waals surface area contributed by atoms with E-state index < -0.39 is 10.0 Å². The monoisotopic (exact) mass is 588 g/mol. The summed E-state index contributed by atoms with van der Waals surface area (Å²) < 4.78 is 29.2. The molecule has 40 heavy (non-hydrogen) atoms. The minimum absolute atomic E-state index is 0.144. The maximum Gasteiger partial charge on any atom is 0.260 e. The number of carbonyl (C=O) groups excluding carboxylic acids is 1. The number of fused-ring (bicyclic) bond motifs is 1. The fraction of sp³-hybridized carbons (Fsp3) is 0.167. The van der Waals surface area contributed by atoms with Gasteiger partial charge in [0.2, 0.25) is 10.0 Å². The number of anilines is 1. The third kappa shape index (κ3) is 6.10. The van der Waals surface area contributed by atoms with Crippen LogP contribution in [0.1, 0.15) is 28.4 Å². The maximum atomic E-state index is 13.8. The molecular formula is C30H28N4O3S3. The summed E-state index contributed by atoms with van der Waals surface area (Å²) in [6.07, 6.45) is 5.43. The van der Waals surface area contributed by atoms with Crippen LogP contribution in [0, 0.1) is 0 Å². The topological polar surface area (TPSA) is 83.5 Å². The van der Waals surface area contributed by atoms with Crippen LogP contribution in [0.3, 0.4) is 0 Å². The lowest BCUT2D eigenvalue weighted by molar-refractivity contribution is 0.0985. The van der Waals surface area contributed by atoms with E-state index in [0.717, 1.165) is 26.2 Å². The van der Waals surface area contributed by atoms with Gasteiger partial charge in [0.1, 0.15) is 0 Å². The molecule has 0 aliphatic heterocycles. The van der Waals surface area contributed by atoms with Crippen molar-refractivity contribution < 1.29 is 13.2 Å². The van der Waals surface area contributed by atoms with Crippen LogP contribution in [0.15, 0.2) is 107 Å². The SMILES string of the molecule is CCN(Cc1ccccc1)S(=O)(=O)c1ccc(C(=O)N(Cc2cccnc2)c2nc3ccc(SC)cc3s2)cc1. The Labute approximate surface area is 242 Å². The zero-order chi connectivity index (χ0) is 28.1. The number of thioether (sulfide) groups is 1. The van der Waals surface area contributed by atoms with Crippen LogP contribution in [-0.4, -0.2) is 41.4 Å². The van der Waals surface area contributed by atoms with Crippen molar-refractivity contribution in [3.63, 3.8) is 0 Å². The lowest BCUT2D eigenvalue weighted by Crippen LogP contribution is -2.31. The number of hydrogen-bond donors (Lipinski definition) is 0. The number of sulfonamides is 1. The standard InChI is InChI=1S/C30H28N4O3S3/c1-3-33(20-22-8-5-4-6-9-22)40(36,37)26-14-11-24(12-15-26)29(35)34(21-23-10-7-17-31-19-23)30-32-27-16-13-25(38-2)18-28(27)39-30/h4-19H,3,20-21H2,1-2H3. The molecule has 3 aromatic carbocycles. The van der Waals surface area contributed by atoms with Gasteiger partial charge in [-0.1, -0.05) is 54.7 Å². The molecule has 0 saturated carbocycles. The molecule has 0 atom stereocenters. The highest BCUT2D eigenvalue weighted by Gasteiger charge is 2.26. The molecule has 0 N–H and O–H groups in total. The molecule has 5 rings (SSSR count). The van der Waals surface area contributed by atoms with Crippen molar-refractivity contribution >= 4 is 54.4 Å². The number of pyridine rings is 1. The Morgan fingerprint density at radius 2 is 1.68 bits per heavy atom. The van der Waals surface area contributed by atoms with Gasteiger partial charge in [0.05, 0.1) is 21.7 Å². The molecule has 0 aliphatic rings. The first-order valence-electron chi connectivity index (χ1n) is 12.7. The molecule has 0 aliphatic carbocycles. The number of hydrogen-bond acceptors (Lipinski definition) is 7. The lowest BCUT2D eigenvalue weighted by atomic mass is 10.2. The number of aromatic nitrogens is 2. The molecule has 2 aromatic heterocycles. The van der Waals surface area contributed by atoms with Crippen LogP contribution < -0.4 is 4.90 Å². The van der Waals surface area contributed by atoms with Crippen molar-refractivity contribution in [1.29, 1.82) is 0 Å². The number of amides is 1. The fourth-order valence-electron chi connectivity index (χ4n) is 4.26. The second kappa shape index (κ2) is 12.3. The van der Waals surface area contributed by atoms with Crippen LogP contribution in [0.25, 0.3) is 10.2 Å². The summed E-state index contributed by atoms with van der Waals surface area (Å²) in [5.41, 5.74) is 2.96. The van der Waals surface area contributed by atoms with Crippen LogP contribution in [0.2, 0.25) is 0 Å². The highest BCUT2D eigenvalue weighted by atomic mass is 32.2. The van der Waals surface area contributed by atoms with E-state index in [-0.39, 0.29) is 23.9 Å². The molecule has 204 valence electrons. The number of carbonyl (C=O) groups is 1. The van der Waals surface area contributed by atoms with Gasteiger partial charge in [-0.25, -0.2) is 13.4 Å². The minimum atomic E-state index is -3.75. The Morgan fingerprint density at radius 1 is 0.925 bits per heavy atom. The predicted molar refractivity (Wildman–Crippen MR) is 162 cm³/mol. The van der Waals surface area contributed by atoms with Gasteiger partial charge in [-0.05, 0) is 65.9 Å². The van der Waals surface area contributed by atoms with Crippen molar-refractivity contribution in [2.45, 2.75) is 29.8 Å². The number of rotatable bonds is 10. The lowest BCUT2D eigenvalue weighted by Gasteiger charge is -2.22. The highest BCUT2D eigenvalue weighted by molar-refractivity contribution is 7.98. The first-order valence-corrected chi connectivity index (χ1v) is 16.2. The van der Waals surface area contributed by atoms with Crippen molar-refractivity contribution in [1.82, 2.24) is 14.3 Å². The molecule has 0 radical (unpaired) electrons.